The Morgan fingerprint density at radius 1 is 1.07 bits per heavy atom. The van der Waals surface area contributed by atoms with E-state index in [0.717, 1.165) is 5.56 Å². The quantitative estimate of drug-likeness (QED) is 0.595. The molecule has 9 heteroatoms. The smallest absolute Gasteiger partial charge is 0.260 e. The highest BCUT2D eigenvalue weighted by atomic mass is 16.5. The fraction of sp³-hybridized carbons (Fsp3) is 0.111. The zero-order chi connectivity index (χ0) is 18.8. The maximum atomic E-state index is 12.7. The van der Waals surface area contributed by atoms with Crippen LogP contribution in [0.2, 0.25) is 0 Å². The van der Waals surface area contributed by atoms with E-state index in [1.807, 2.05) is 13.0 Å². The van der Waals surface area contributed by atoms with Gasteiger partial charge in [-0.1, -0.05) is 6.07 Å². The van der Waals surface area contributed by atoms with Crippen LogP contribution in [0, 0.1) is 13.8 Å². The van der Waals surface area contributed by atoms with Crippen molar-refractivity contribution in [1.82, 2.24) is 29.5 Å². The Hall–Kier alpha value is -3.88. The number of nitrogens with zero attached hydrogens (tertiary/aromatic N) is 6. The number of amides is 1. The van der Waals surface area contributed by atoms with Crippen LogP contribution in [0.1, 0.15) is 21.7 Å². The number of ether oxygens (including phenoxy) is 1. The van der Waals surface area contributed by atoms with Crippen LogP contribution < -0.4 is 10.1 Å². The van der Waals surface area contributed by atoms with E-state index in [1.165, 1.54) is 6.33 Å². The van der Waals surface area contributed by atoms with Gasteiger partial charge >= 0.3 is 0 Å². The highest BCUT2D eigenvalue weighted by Gasteiger charge is 2.16. The summed E-state index contributed by atoms with van der Waals surface area (Å²) in [4.78, 5) is 25.1. The largest absolute Gasteiger partial charge is 0.453 e. The van der Waals surface area contributed by atoms with Crippen LogP contribution in [-0.2, 0) is 0 Å². The van der Waals surface area contributed by atoms with Gasteiger partial charge in [0.2, 0.25) is 0 Å². The Morgan fingerprint density at radius 3 is 2.63 bits per heavy atom. The van der Waals surface area contributed by atoms with Crippen molar-refractivity contribution in [3.63, 3.8) is 0 Å². The number of carbonyl (C=O) groups is 1. The Kier molecular flexibility index (Phi) is 4.17. The average Bonchev–Trinajstić information content (AvgIpc) is 3.13. The zero-order valence-electron chi connectivity index (χ0n) is 14.6. The van der Waals surface area contributed by atoms with Crippen LogP contribution in [0.25, 0.3) is 5.65 Å². The van der Waals surface area contributed by atoms with Crippen LogP contribution in [0.5, 0.6) is 11.5 Å². The van der Waals surface area contributed by atoms with Crippen LogP contribution >= 0.6 is 0 Å². The summed E-state index contributed by atoms with van der Waals surface area (Å²) in [5.41, 5.74) is 1.72. The van der Waals surface area contributed by atoms with Gasteiger partial charge in [0, 0.05) is 6.20 Å². The van der Waals surface area contributed by atoms with Gasteiger partial charge in [-0.25, -0.2) is 15.0 Å². The van der Waals surface area contributed by atoms with E-state index in [-0.39, 0.29) is 5.91 Å². The third-order valence-corrected chi connectivity index (χ3v) is 3.76. The van der Waals surface area contributed by atoms with Crippen LogP contribution in [0.4, 0.5) is 5.82 Å². The molecule has 0 saturated heterocycles. The Balaban J connectivity index is 1.66. The van der Waals surface area contributed by atoms with Gasteiger partial charge in [0.1, 0.15) is 23.7 Å². The monoisotopic (exact) mass is 361 g/mol. The fourth-order valence-corrected chi connectivity index (χ4v) is 2.43. The van der Waals surface area contributed by atoms with Crippen molar-refractivity contribution >= 4 is 17.4 Å². The molecule has 0 aliphatic rings. The topological polar surface area (TPSA) is 107 Å². The average molecular weight is 361 g/mol. The highest BCUT2D eigenvalue weighted by Crippen LogP contribution is 2.23. The van der Waals surface area contributed by atoms with Crippen LogP contribution in [0.3, 0.4) is 0 Å². The molecule has 0 saturated carbocycles. The van der Waals surface area contributed by atoms with Gasteiger partial charge < -0.3 is 10.1 Å². The Morgan fingerprint density at radius 2 is 1.89 bits per heavy atom. The number of carbonyl (C=O) groups excluding carboxylic acids is 1. The van der Waals surface area contributed by atoms with Crippen molar-refractivity contribution in [3.05, 3.63) is 66.3 Å². The lowest BCUT2D eigenvalue weighted by Crippen LogP contribution is -2.14. The van der Waals surface area contributed by atoms with Crippen molar-refractivity contribution in [3.8, 4) is 11.5 Å². The third-order valence-electron chi connectivity index (χ3n) is 3.76. The number of aryl methyl sites for hydroxylation is 2. The molecular weight excluding hydrogens is 346 g/mol. The van der Waals surface area contributed by atoms with E-state index in [4.69, 9.17) is 4.74 Å². The maximum Gasteiger partial charge on any atom is 0.260 e. The molecule has 4 aromatic rings. The van der Waals surface area contributed by atoms with Gasteiger partial charge in [0.05, 0.1) is 24.2 Å². The van der Waals surface area contributed by atoms with Crippen molar-refractivity contribution in [2.24, 2.45) is 0 Å². The minimum absolute atomic E-state index is 0.306. The number of pyridine rings is 2. The number of hydrogen-bond donors (Lipinski definition) is 1. The Labute approximate surface area is 154 Å². The summed E-state index contributed by atoms with van der Waals surface area (Å²) in [6.07, 6.45) is 7.98. The summed E-state index contributed by atoms with van der Waals surface area (Å²) in [6, 6.07) is 5.19. The molecule has 9 nitrogen and oxygen atoms in total. The minimum Gasteiger partial charge on any atom is -0.453 e. The van der Waals surface area contributed by atoms with Crippen molar-refractivity contribution in [1.29, 1.82) is 0 Å². The number of rotatable bonds is 4. The summed E-state index contributed by atoms with van der Waals surface area (Å²) >= 11 is 0. The standard InChI is InChI=1S/C18H15N7O2/c1-11-3-4-16(21-6-11)23-18(26)15-5-13(9-25-10-22-24-17(15)25)27-14-7-19-12(2)20-8-14/h3-10H,1-2H3,(H,21,23,26). The molecule has 0 fully saturated rings. The normalized spacial score (nSPS) is 10.7. The SMILES string of the molecule is Cc1ccc(NC(=O)c2cc(Oc3cnc(C)nc3)cn3cnnc23)nc1. The molecule has 4 aromatic heterocycles. The van der Waals surface area contributed by atoms with Crippen LogP contribution in [-0.4, -0.2) is 35.5 Å². The molecule has 0 spiro atoms. The van der Waals surface area contributed by atoms with E-state index in [1.54, 1.807) is 48.2 Å². The lowest BCUT2D eigenvalue weighted by molar-refractivity contribution is 0.102. The summed E-state index contributed by atoms with van der Waals surface area (Å²) in [7, 11) is 0. The summed E-state index contributed by atoms with van der Waals surface area (Å²) in [6.45, 7) is 3.71. The van der Waals surface area contributed by atoms with E-state index >= 15 is 0 Å². The highest BCUT2D eigenvalue weighted by molar-refractivity contribution is 6.08. The van der Waals surface area contributed by atoms with Crippen molar-refractivity contribution in [2.75, 3.05) is 5.32 Å². The van der Waals surface area contributed by atoms with E-state index in [0.29, 0.717) is 34.4 Å². The Bertz CT molecular complexity index is 1100. The summed E-state index contributed by atoms with van der Waals surface area (Å²) < 4.78 is 7.38. The van der Waals surface area contributed by atoms with E-state index in [9.17, 15) is 4.79 Å². The van der Waals surface area contributed by atoms with E-state index in [2.05, 4.69) is 30.5 Å². The minimum atomic E-state index is -0.366. The first-order valence-corrected chi connectivity index (χ1v) is 8.12. The molecule has 0 aromatic carbocycles. The summed E-state index contributed by atoms with van der Waals surface area (Å²) in [5, 5.41) is 10.6. The second-order valence-electron chi connectivity index (χ2n) is 5.89. The molecule has 0 unspecified atom stereocenters. The first-order chi connectivity index (χ1) is 13.1. The molecule has 4 rings (SSSR count). The second-order valence-corrected chi connectivity index (χ2v) is 5.89. The number of hydrogen-bond acceptors (Lipinski definition) is 7. The molecule has 0 aliphatic carbocycles. The van der Waals surface area contributed by atoms with Gasteiger partial charge in [-0.05, 0) is 31.5 Å². The first kappa shape index (κ1) is 16.6. The maximum absolute atomic E-state index is 12.7. The zero-order valence-corrected chi connectivity index (χ0v) is 14.6. The molecule has 0 aliphatic heterocycles. The molecule has 0 atom stereocenters. The van der Waals surface area contributed by atoms with Crippen molar-refractivity contribution < 1.29 is 9.53 Å². The van der Waals surface area contributed by atoms with Gasteiger partial charge in [-0.3, -0.25) is 9.20 Å². The lowest BCUT2D eigenvalue weighted by Gasteiger charge is -2.09. The number of aromatic nitrogens is 6. The van der Waals surface area contributed by atoms with Gasteiger partial charge in [0.15, 0.2) is 11.4 Å². The third kappa shape index (κ3) is 3.56. The molecule has 1 amide bonds. The molecule has 0 bridgehead atoms. The predicted molar refractivity (Wildman–Crippen MR) is 96.8 cm³/mol. The number of fused-ring (bicyclic) bond motifs is 1. The molecule has 1 N–H and O–H groups in total. The van der Waals surface area contributed by atoms with Gasteiger partial charge in [0.25, 0.3) is 5.91 Å². The molecule has 134 valence electrons. The fourth-order valence-electron chi connectivity index (χ4n) is 2.43. The van der Waals surface area contributed by atoms with Gasteiger partial charge in [-0.2, -0.15) is 0 Å². The molecule has 4 heterocycles. The second kappa shape index (κ2) is 6.79. The van der Waals surface area contributed by atoms with Gasteiger partial charge in [-0.15, -0.1) is 10.2 Å². The molecule has 0 radical (unpaired) electrons. The molecular formula is C18H15N7O2. The van der Waals surface area contributed by atoms with Crippen molar-refractivity contribution in [2.45, 2.75) is 13.8 Å². The van der Waals surface area contributed by atoms with E-state index < -0.39 is 0 Å². The molecule has 27 heavy (non-hydrogen) atoms. The number of anilines is 1. The van der Waals surface area contributed by atoms with Crippen LogP contribution in [0.15, 0.2) is 49.3 Å². The lowest BCUT2D eigenvalue weighted by atomic mass is 10.2. The first-order valence-electron chi connectivity index (χ1n) is 8.12. The number of nitrogens with one attached hydrogen (secondary N) is 1. The predicted octanol–water partition coefficient (Wildman–Crippen LogP) is 2.58. The summed E-state index contributed by atoms with van der Waals surface area (Å²) in [5.74, 6) is 1.61.